The molecule has 2 N–H and O–H groups in total. The van der Waals surface area contributed by atoms with Gasteiger partial charge in [-0.25, -0.2) is 15.0 Å². The average Bonchev–Trinajstić information content (AvgIpc) is 3.74. The smallest absolute Gasteiger partial charge is 0.254 e. The molecule has 1 saturated heterocycles. The summed E-state index contributed by atoms with van der Waals surface area (Å²) in [5.41, 5.74) is 9.82. The van der Waals surface area contributed by atoms with Crippen molar-refractivity contribution >= 4 is 17.2 Å². The molecule has 2 aromatic carbocycles. The lowest BCUT2D eigenvalue weighted by molar-refractivity contribution is 0.0735. The van der Waals surface area contributed by atoms with Crippen LogP contribution >= 0.6 is 11.3 Å². The van der Waals surface area contributed by atoms with E-state index in [1.165, 1.54) is 6.26 Å². The van der Waals surface area contributed by atoms with Crippen LogP contribution in [0.5, 0.6) is 0 Å². The molecule has 8 nitrogen and oxygen atoms in total. The Morgan fingerprint density at radius 3 is 2.67 bits per heavy atom. The average molecular weight is 540 g/mol. The molecule has 1 fully saturated rings. The van der Waals surface area contributed by atoms with Crippen LogP contribution in [0.15, 0.2) is 81.4 Å². The van der Waals surface area contributed by atoms with Gasteiger partial charge in [-0.15, -0.1) is 11.3 Å². The summed E-state index contributed by atoms with van der Waals surface area (Å²) in [7, 11) is 0. The Hall–Kier alpha value is -4.08. The summed E-state index contributed by atoms with van der Waals surface area (Å²) in [6, 6.07) is 15.5. The quantitative estimate of drug-likeness (QED) is 0.264. The predicted octanol–water partition coefficient (Wildman–Crippen LogP) is 6.16. The molecule has 6 rings (SSSR count). The molecule has 9 heteroatoms. The van der Waals surface area contributed by atoms with Crippen molar-refractivity contribution in [1.29, 1.82) is 0 Å². The number of oxazole rings is 2. The topological polar surface area (TPSA) is 111 Å². The Morgan fingerprint density at radius 2 is 1.95 bits per heavy atom. The molecule has 5 aromatic rings. The summed E-state index contributed by atoms with van der Waals surface area (Å²) in [6.45, 7) is 4.58. The van der Waals surface area contributed by atoms with Gasteiger partial charge in [-0.2, -0.15) is 0 Å². The van der Waals surface area contributed by atoms with E-state index >= 15 is 0 Å². The Morgan fingerprint density at radius 1 is 1.15 bits per heavy atom. The van der Waals surface area contributed by atoms with E-state index in [1.807, 2.05) is 72.7 Å². The maximum absolute atomic E-state index is 13.9. The van der Waals surface area contributed by atoms with Gasteiger partial charge in [0, 0.05) is 34.3 Å². The number of carbonyl (C=O) groups excluding carboxylic acids is 1. The lowest BCUT2D eigenvalue weighted by Gasteiger charge is -2.23. The second-order valence-corrected chi connectivity index (χ2v) is 11.1. The molecule has 0 saturated carbocycles. The number of benzene rings is 2. The second kappa shape index (κ2) is 10.2. The monoisotopic (exact) mass is 539 g/mol. The molecule has 198 valence electrons. The number of carbonyl (C=O) groups is 1. The van der Waals surface area contributed by atoms with Crippen molar-refractivity contribution in [1.82, 2.24) is 19.9 Å². The first-order chi connectivity index (χ1) is 18.9. The van der Waals surface area contributed by atoms with Crippen molar-refractivity contribution in [3.63, 3.8) is 0 Å². The molecule has 39 heavy (non-hydrogen) atoms. The van der Waals surface area contributed by atoms with Crippen molar-refractivity contribution in [2.24, 2.45) is 5.73 Å². The van der Waals surface area contributed by atoms with Crippen LogP contribution < -0.4 is 5.73 Å². The van der Waals surface area contributed by atoms with Crippen LogP contribution in [0.2, 0.25) is 0 Å². The number of hydrogen-bond acceptors (Lipinski definition) is 8. The van der Waals surface area contributed by atoms with E-state index in [0.717, 1.165) is 29.1 Å². The summed E-state index contributed by atoms with van der Waals surface area (Å²) >= 11 is 1.60. The highest BCUT2D eigenvalue weighted by Gasteiger charge is 2.33. The van der Waals surface area contributed by atoms with Crippen molar-refractivity contribution in [2.45, 2.75) is 44.7 Å². The molecule has 2 atom stereocenters. The summed E-state index contributed by atoms with van der Waals surface area (Å²) in [6.07, 6.45) is 7.18. The van der Waals surface area contributed by atoms with Gasteiger partial charge < -0.3 is 19.5 Å². The van der Waals surface area contributed by atoms with Crippen LogP contribution in [0.3, 0.4) is 0 Å². The Labute approximate surface area is 230 Å². The number of hydrogen-bond donors (Lipinski definition) is 1. The summed E-state index contributed by atoms with van der Waals surface area (Å²) in [5, 5.41) is 3.00. The third-order valence-electron chi connectivity index (χ3n) is 7.02. The zero-order valence-corrected chi connectivity index (χ0v) is 22.6. The van der Waals surface area contributed by atoms with Gasteiger partial charge in [0.05, 0.1) is 24.0 Å². The van der Waals surface area contributed by atoms with Crippen molar-refractivity contribution in [2.75, 3.05) is 6.54 Å². The molecule has 0 radical (unpaired) electrons. The number of rotatable bonds is 7. The lowest BCUT2D eigenvalue weighted by atomic mass is 9.92. The first kappa shape index (κ1) is 25.2. The summed E-state index contributed by atoms with van der Waals surface area (Å²) in [4.78, 5) is 29.3. The van der Waals surface area contributed by atoms with Crippen LogP contribution in [0.25, 0.3) is 22.9 Å². The van der Waals surface area contributed by atoms with Gasteiger partial charge >= 0.3 is 0 Å². The second-order valence-electron chi connectivity index (χ2n) is 10.2. The molecule has 0 bridgehead atoms. The summed E-state index contributed by atoms with van der Waals surface area (Å²) in [5.74, 6) is 1.29. The van der Waals surface area contributed by atoms with E-state index in [0.29, 0.717) is 47.2 Å². The van der Waals surface area contributed by atoms with Crippen molar-refractivity contribution in [3.8, 4) is 22.9 Å². The Bertz CT molecular complexity index is 1590. The number of nitrogens with two attached hydrogens (primary N) is 1. The van der Waals surface area contributed by atoms with E-state index < -0.39 is 5.54 Å². The first-order valence-corrected chi connectivity index (χ1v) is 13.8. The molecule has 4 heterocycles. The highest BCUT2D eigenvalue weighted by atomic mass is 32.1. The molecule has 3 aromatic heterocycles. The highest BCUT2D eigenvalue weighted by Crippen LogP contribution is 2.36. The highest BCUT2D eigenvalue weighted by molar-refractivity contribution is 7.09. The van der Waals surface area contributed by atoms with Crippen LogP contribution in [0.1, 0.15) is 58.2 Å². The number of aryl methyl sites for hydroxylation is 1. The fourth-order valence-electron chi connectivity index (χ4n) is 5.10. The summed E-state index contributed by atoms with van der Waals surface area (Å²) < 4.78 is 11.8. The van der Waals surface area contributed by atoms with Gasteiger partial charge in [-0.3, -0.25) is 4.79 Å². The van der Waals surface area contributed by atoms with Crippen LogP contribution in [-0.2, 0) is 12.0 Å². The normalized spacial score (nSPS) is 16.9. The standard InChI is InChI=1S/C30H29N5O3S/c1-19-18-39-28(34-19)24-9-6-11-35(24)29(36)23-14-21(26-32-10-12-37-26)13-22(15-23)27-33-17-25(38-27)30(2,31)16-20-7-4-3-5-8-20/h3-5,7-8,10,12-15,17-18,24H,6,9,11,16,31H2,1-2H3/t24-,30-/m1/s1. The number of aromatic nitrogens is 3. The fraction of sp³-hybridized carbons (Fsp3) is 0.267. The largest absolute Gasteiger partial charge is 0.445 e. The molecule has 1 amide bonds. The van der Waals surface area contributed by atoms with E-state index in [1.54, 1.807) is 23.7 Å². The minimum atomic E-state index is -0.764. The number of thiazole rings is 1. The molecule has 0 spiro atoms. The van der Waals surface area contributed by atoms with Gasteiger partial charge in [-0.05, 0) is 56.9 Å². The van der Waals surface area contributed by atoms with E-state index in [4.69, 9.17) is 14.6 Å². The molecule has 0 unspecified atom stereocenters. The molecule has 1 aliphatic rings. The minimum absolute atomic E-state index is 0.0330. The zero-order chi connectivity index (χ0) is 27.0. The van der Waals surface area contributed by atoms with Crippen molar-refractivity contribution < 1.29 is 13.6 Å². The number of amides is 1. The van der Waals surface area contributed by atoms with Gasteiger partial charge in [-0.1, -0.05) is 30.3 Å². The third-order valence-corrected chi connectivity index (χ3v) is 8.09. The van der Waals surface area contributed by atoms with Gasteiger partial charge in [0.2, 0.25) is 11.8 Å². The van der Waals surface area contributed by atoms with Gasteiger partial charge in [0.15, 0.2) is 0 Å². The number of likely N-dealkylation sites (tertiary alicyclic amines) is 1. The van der Waals surface area contributed by atoms with Gasteiger partial charge in [0.25, 0.3) is 5.91 Å². The SMILES string of the molecule is Cc1csc([C@H]2CCCN2C(=O)c2cc(-c3ncco3)cc(-c3ncc([C@](C)(N)Cc4ccccc4)o3)c2)n1. The molecule has 0 aliphatic carbocycles. The lowest BCUT2D eigenvalue weighted by Crippen LogP contribution is -2.35. The fourth-order valence-corrected chi connectivity index (χ4v) is 6.04. The van der Waals surface area contributed by atoms with E-state index in [2.05, 4.69) is 15.0 Å². The molecular formula is C30H29N5O3S. The van der Waals surface area contributed by atoms with Crippen LogP contribution in [-0.4, -0.2) is 32.3 Å². The van der Waals surface area contributed by atoms with Crippen LogP contribution in [0.4, 0.5) is 0 Å². The molecular weight excluding hydrogens is 510 g/mol. The van der Waals surface area contributed by atoms with E-state index in [9.17, 15) is 4.79 Å². The van der Waals surface area contributed by atoms with Crippen molar-refractivity contribution in [3.05, 3.63) is 100 Å². The first-order valence-electron chi connectivity index (χ1n) is 12.9. The number of nitrogens with zero attached hydrogens (tertiary/aromatic N) is 4. The van der Waals surface area contributed by atoms with E-state index in [-0.39, 0.29) is 11.9 Å². The molecule has 1 aliphatic heterocycles. The maximum atomic E-state index is 13.9. The minimum Gasteiger partial charge on any atom is -0.445 e. The maximum Gasteiger partial charge on any atom is 0.254 e. The van der Waals surface area contributed by atoms with Crippen LogP contribution in [0, 0.1) is 6.92 Å². The van der Waals surface area contributed by atoms with Gasteiger partial charge in [0.1, 0.15) is 17.0 Å². The predicted molar refractivity (Wildman–Crippen MR) is 149 cm³/mol. The zero-order valence-electron chi connectivity index (χ0n) is 21.8. The Kier molecular flexibility index (Phi) is 6.62. The third kappa shape index (κ3) is 5.15. The Balaban J connectivity index is 1.35.